The summed E-state index contributed by atoms with van der Waals surface area (Å²) in [6.07, 6.45) is 18.2. The lowest BCUT2D eigenvalue weighted by atomic mass is 9.25. The van der Waals surface area contributed by atoms with Crippen molar-refractivity contribution in [2.45, 2.75) is 173 Å². The van der Waals surface area contributed by atoms with Gasteiger partial charge >= 0.3 is 0 Å². The van der Waals surface area contributed by atoms with Gasteiger partial charge in [0.25, 0.3) is 0 Å². The Morgan fingerprint density at radius 1 is 0.696 bits per heavy atom. The summed E-state index contributed by atoms with van der Waals surface area (Å²) in [6, 6.07) is 25.6. The highest BCUT2D eigenvalue weighted by atomic mass is 16.5. The topological polar surface area (TPSA) is 28.1 Å². The largest absolute Gasteiger partial charge is 0.475 e. The van der Waals surface area contributed by atoms with Crippen molar-refractivity contribution in [1.82, 2.24) is 9.80 Å². The Bertz CT molecular complexity index is 2050. The van der Waals surface area contributed by atoms with Gasteiger partial charge < -0.3 is 9.64 Å². The molecule has 0 radical (unpaired) electrons. The van der Waals surface area contributed by atoms with Gasteiger partial charge in [-0.3, -0.25) is 4.90 Å². The highest BCUT2D eigenvalue weighted by Gasteiger charge is 2.66. The van der Waals surface area contributed by atoms with Crippen LogP contribution in [0.2, 0.25) is 5.82 Å². The van der Waals surface area contributed by atoms with E-state index in [0.717, 1.165) is 18.8 Å². The molecule has 0 spiro atoms. The number of nitrogens with zero attached hydrogens (tertiary/aromatic N) is 3. The van der Waals surface area contributed by atoms with Crippen LogP contribution in [-0.2, 0) is 17.6 Å². The van der Waals surface area contributed by atoms with E-state index in [1.165, 1.54) is 99.7 Å². The number of hydrogen-bond donors (Lipinski definition) is 0. The highest BCUT2D eigenvalue weighted by molar-refractivity contribution is 6.82. The minimum absolute atomic E-state index is 0.222. The van der Waals surface area contributed by atoms with Gasteiger partial charge in [0.05, 0.1) is 12.1 Å². The summed E-state index contributed by atoms with van der Waals surface area (Å²) < 4.78 is 7.59. The molecule has 4 aliphatic heterocycles. The Balaban J connectivity index is 1.11. The third-order valence-corrected chi connectivity index (χ3v) is 16.1. The van der Waals surface area contributed by atoms with Crippen LogP contribution in [0.1, 0.15) is 141 Å². The molecule has 11 rings (SSSR count). The van der Waals surface area contributed by atoms with Gasteiger partial charge in [-0.15, -0.1) is 0 Å². The molecular weight excluding hydrogens is 681 g/mol. The SMILES string of the molecule is CC(C)(C)Cc1cccc(CC(C)(C)C)c1B1C2=C(OC3CCCCC23)N2C3=NC4CCCC(c5cccc6ccccc56)C4N3C3CCCC4CCC1C2C43. The molecule has 8 aliphatic rings. The first-order valence-corrected chi connectivity index (χ1v) is 23.2. The summed E-state index contributed by atoms with van der Waals surface area (Å²) in [5.41, 5.74) is 8.66. The van der Waals surface area contributed by atoms with E-state index in [1.807, 2.05) is 0 Å². The first-order valence-electron chi connectivity index (χ1n) is 23.2. The van der Waals surface area contributed by atoms with Crippen LogP contribution in [0.15, 0.2) is 77.0 Å². The average Bonchev–Trinajstić information content (AvgIpc) is 3.75. The third kappa shape index (κ3) is 5.61. The molecule has 4 nitrogen and oxygen atoms in total. The predicted octanol–water partition coefficient (Wildman–Crippen LogP) is 11.1. The van der Waals surface area contributed by atoms with Crippen molar-refractivity contribution in [2.24, 2.45) is 33.6 Å². The van der Waals surface area contributed by atoms with Crippen molar-refractivity contribution in [3.8, 4) is 0 Å². The van der Waals surface area contributed by atoms with Gasteiger partial charge in [-0.05, 0) is 102 Å². The molecule has 0 amide bonds. The number of benzene rings is 3. The maximum absolute atomic E-state index is 7.59. The fourth-order valence-electron chi connectivity index (χ4n) is 14.5. The highest BCUT2D eigenvalue weighted by Crippen LogP contribution is 2.61. The van der Waals surface area contributed by atoms with Gasteiger partial charge in [0.15, 0.2) is 5.88 Å². The van der Waals surface area contributed by atoms with Crippen LogP contribution in [0.3, 0.4) is 0 Å². The molecule has 3 aromatic carbocycles. The number of hydrogen-bond acceptors (Lipinski definition) is 4. The number of fused-ring (bicyclic) bond motifs is 9. The molecule has 56 heavy (non-hydrogen) atoms. The molecule has 5 fully saturated rings. The van der Waals surface area contributed by atoms with E-state index >= 15 is 0 Å². The Morgan fingerprint density at radius 3 is 2.21 bits per heavy atom. The van der Waals surface area contributed by atoms with E-state index in [0.29, 0.717) is 60.6 Å². The third-order valence-electron chi connectivity index (χ3n) is 16.1. The second kappa shape index (κ2) is 13.2. The Labute approximate surface area is 338 Å². The molecule has 3 aromatic rings. The van der Waals surface area contributed by atoms with Gasteiger partial charge in [0, 0.05) is 29.8 Å². The van der Waals surface area contributed by atoms with E-state index in [4.69, 9.17) is 9.73 Å². The summed E-state index contributed by atoms with van der Waals surface area (Å²) >= 11 is 0. The lowest BCUT2D eigenvalue weighted by molar-refractivity contribution is -0.0505. The van der Waals surface area contributed by atoms with Crippen LogP contribution in [0.5, 0.6) is 0 Å². The van der Waals surface area contributed by atoms with Crippen LogP contribution in [0, 0.1) is 28.6 Å². The van der Waals surface area contributed by atoms with Crippen LogP contribution in [0.25, 0.3) is 10.8 Å². The molecule has 4 heterocycles. The van der Waals surface area contributed by atoms with Gasteiger partial charge in [0.1, 0.15) is 6.10 Å². The first kappa shape index (κ1) is 35.9. The summed E-state index contributed by atoms with van der Waals surface area (Å²) in [4.78, 5) is 11.9. The maximum Gasteiger partial charge on any atom is 0.217 e. The van der Waals surface area contributed by atoms with Crippen molar-refractivity contribution in [2.75, 3.05) is 0 Å². The van der Waals surface area contributed by atoms with Crippen molar-refractivity contribution in [3.63, 3.8) is 0 Å². The molecule has 4 saturated carbocycles. The fourth-order valence-corrected chi connectivity index (χ4v) is 14.5. The summed E-state index contributed by atoms with van der Waals surface area (Å²) in [6.45, 7) is 15.2. The zero-order chi connectivity index (χ0) is 38.1. The van der Waals surface area contributed by atoms with Crippen molar-refractivity contribution < 1.29 is 4.74 Å². The van der Waals surface area contributed by atoms with Gasteiger partial charge in [0.2, 0.25) is 12.7 Å². The number of guanidine groups is 1. The Kier molecular flexibility index (Phi) is 8.44. The normalized spacial score (nSPS) is 34.7. The standard InChI is InChI=1S/C51H66BN3O/c1-50(2,3)29-33-18-11-19-34(30-51(4,5)6)44(33)52-39-28-27-32-17-13-25-41-43(32)47(39)55(48-45(52)38-21-9-10-26-42(38)56-48)49-53-40-24-14-23-37(46(40)54(41)49)36-22-12-16-31-15-7-8-20-35(31)36/h7-8,11-12,15-16,18-20,22,32,37-43,46-47H,9-10,13-14,17,21,23-30H2,1-6H3. The molecule has 1 saturated heterocycles. The average molecular weight is 748 g/mol. The minimum Gasteiger partial charge on any atom is -0.475 e. The van der Waals surface area contributed by atoms with Crippen LogP contribution < -0.4 is 5.46 Å². The summed E-state index contributed by atoms with van der Waals surface area (Å²) in [5.74, 6) is 5.70. The molecule has 10 unspecified atom stereocenters. The van der Waals surface area contributed by atoms with Crippen LogP contribution in [0.4, 0.5) is 0 Å². The Morgan fingerprint density at radius 2 is 1.41 bits per heavy atom. The maximum atomic E-state index is 7.59. The quantitative estimate of drug-likeness (QED) is 0.249. The van der Waals surface area contributed by atoms with Crippen LogP contribution in [-0.4, -0.2) is 52.7 Å². The zero-order valence-electron chi connectivity index (χ0n) is 35.3. The predicted molar refractivity (Wildman–Crippen MR) is 233 cm³/mol. The molecule has 0 N–H and O–H groups in total. The van der Waals surface area contributed by atoms with Crippen molar-refractivity contribution in [3.05, 3.63) is 88.7 Å². The Hall–Kier alpha value is -3.21. The van der Waals surface area contributed by atoms with E-state index in [2.05, 4.69) is 112 Å². The summed E-state index contributed by atoms with van der Waals surface area (Å²) in [7, 11) is 0. The number of aliphatic imine (C=N–C) groups is 1. The molecule has 4 aliphatic carbocycles. The van der Waals surface area contributed by atoms with Gasteiger partial charge in [-0.25, -0.2) is 4.99 Å². The van der Waals surface area contributed by atoms with E-state index < -0.39 is 0 Å². The smallest absolute Gasteiger partial charge is 0.217 e. The summed E-state index contributed by atoms with van der Waals surface area (Å²) in [5, 5.41) is 2.84. The van der Waals surface area contributed by atoms with E-state index in [-0.39, 0.29) is 10.8 Å². The molecular formula is C51H66BN3O. The second-order valence-electron chi connectivity index (χ2n) is 22.2. The second-order valence-corrected chi connectivity index (χ2v) is 22.2. The van der Waals surface area contributed by atoms with Crippen LogP contribution >= 0.6 is 0 Å². The monoisotopic (exact) mass is 748 g/mol. The first-order chi connectivity index (χ1) is 27.0. The lowest BCUT2D eigenvalue weighted by Crippen LogP contribution is -2.72. The number of rotatable bonds is 4. The molecule has 0 bridgehead atoms. The molecule has 0 aromatic heterocycles. The number of ether oxygens (including phenoxy) is 1. The van der Waals surface area contributed by atoms with Gasteiger partial charge in [-0.2, -0.15) is 0 Å². The minimum atomic E-state index is 0.222. The molecule has 5 heteroatoms. The van der Waals surface area contributed by atoms with E-state index in [9.17, 15) is 0 Å². The molecule has 294 valence electrons. The fraction of sp³-hybridized carbons (Fsp3) is 0.627. The van der Waals surface area contributed by atoms with E-state index in [1.54, 1.807) is 27.6 Å². The van der Waals surface area contributed by atoms with Gasteiger partial charge in [-0.1, -0.05) is 151 Å². The molecule has 10 atom stereocenters. The lowest BCUT2D eigenvalue weighted by Gasteiger charge is -2.63. The van der Waals surface area contributed by atoms with Crippen molar-refractivity contribution >= 4 is 28.9 Å². The zero-order valence-corrected chi connectivity index (χ0v) is 35.3. The van der Waals surface area contributed by atoms with Crippen molar-refractivity contribution in [1.29, 1.82) is 0 Å².